The summed E-state index contributed by atoms with van der Waals surface area (Å²) in [7, 11) is 1.64. The minimum absolute atomic E-state index is 0.0200. The van der Waals surface area contributed by atoms with Crippen LogP contribution in [0.25, 0.3) is 10.9 Å². The Morgan fingerprint density at radius 1 is 1.35 bits per heavy atom. The van der Waals surface area contributed by atoms with E-state index in [1.165, 1.54) is 0 Å². The first-order valence-electron chi connectivity index (χ1n) is 6.89. The van der Waals surface area contributed by atoms with Crippen LogP contribution < -0.4 is 5.56 Å². The van der Waals surface area contributed by atoms with Crippen LogP contribution in [-0.4, -0.2) is 29.0 Å². The molecule has 2 rings (SSSR count). The molecule has 0 spiro atoms. The van der Waals surface area contributed by atoms with Crippen LogP contribution in [0.2, 0.25) is 0 Å². The fourth-order valence-electron chi connectivity index (χ4n) is 1.95. The third kappa shape index (κ3) is 3.41. The lowest BCUT2D eigenvalue weighted by Crippen LogP contribution is -2.25. The highest BCUT2D eigenvalue weighted by molar-refractivity contribution is 7.99. The van der Waals surface area contributed by atoms with Gasteiger partial charge in [-0.1, -0.05) is 37.2 Å². The molecule has 0 saturated heterocycles. The van der Waals surface area contributed by atoms with Gasteiger partial charge in [-0.3, -0.25) is 9.36 Å². The van der Waals surface area contributed by atoms with Crippen LogP contribution in [0.3, 0.4) is 0 Å². The summed E-state index contributed by atoms with van der Waals surface area (Å²) in [5.74, 6) is 0.980. The summed E-state index contributed by atoms with van der Waals surface area (Å²) >= 11 is 1.65. The number of thioether (sulfide) groups is 1. The molecule has 1 aromatic heterocycles. The fourth-order valence-corrected chi connectivity index (χ4v) is 3.05. The van der Waals surface area contributed by atoms with E-state index in [1.807, 2.05) is 24.3 Å². The Morgan fingerprint density at radius 3 is 2.90 bits per heavy atom. The molecular formula is C15H20N2O2S. The minimum Gasteiger partial charge on any atom is -0.383 e. The molecule has 2 aromatic rings. The maximum absolute atomic E-state index is 12.5. The number of hydrogen-bond acceptors (Lipinski definition) is 4. The smallest absolute Gasteiger partial charge is 0.262 e. The van der Waals surface area contributed by atoms with E-state index in [0.717, 1.165) is 29.3 Å². The molecular weight excluding hydrogens is 272 g/mol. The maximum Gasteiger partial charge on any atom is 0.262 e. The summed E-state index contributed by atoms with van der Waals surface area (Å²) < 4.78 is 6.83. The lowest BCUT2D eigenvalue weighted by molar-refractivity contribution is 0.183. The van der Waals surface area contributed by atoms with Crippen molar-refractivity contribution in [1.29, 1.82) is 0 Å². The van der Waals surface area contributed by atoms with Crippen LogP contribution in [-0.2, 0) is 11.3 Å². The molecule has 1 aromatic carbocycles. The van der Waals surface area contributed by atoms with Crippen molar-refractivity contribution in [2.45, 2.75) is 31.5 Å². The van der Waals surface area contributed by atoms with Gasteiger partial charge >= 0.3 is 0 Å². The lowest BCUT2D eigenvalue weighted by atomic mass is 10.2. The average Bonchev–Trinajstić information content (AvgIpc) is 2.47. The number of fused-ring (bicyclic) bond motifs is 1. The molecule has 0 aliphatic rings. The number of hydrogen-bond donors (Lipinski definition) is 0. The Kier molecular flexibility index (Phi) is 5.61. The van der Waals surface area contributed by atoms with Gasteiger partial charge in [0.25, 0.3) is 5.56 Å². The zero-order valence-corrected chi connectivity index (χ0v) is 12.8. The van der Waals surface area contributed by atoms with Gasteiger partial charge in [0.15, 0.2) is 5.16 Å². The van der Waals surface area contributed by atoms with Crippen LogP contribution in [0, 0.1) is 0 Å². The van der Waals surface area contributed by atoms with Crippen molar-refractivity contribution in [3.05, 3.63) is 34.6 Å². The van der Waals surface area contributed by atoms with Crippen LogP contribution in [0.15, 0.2) is 34.2 Å². The average molecular weight is 292 g/mol. The van der Waals surface area contributed by atoms with E-state index in [-0.39, 0.29) is 5.56 Å². The van der Waals surface area contributed by atoms with Crippen LogP contribution in [0.4, 0.5) is 0 Å². The van der Waals surface area contributed by atoms with Crippen molar-refractivity contribution in [3.8, 4) is 0 Å². The number of nitrogens with zero attached hydrogens (tertiary/aromatic N) is 2. The second-order valence-electron chi connectivity index (χ2n) is 4.56. The molecule has 0 aliphatic heterocycles. The van der Waals surface area contributed by atoms with Gasteiger partial charge in [-0.2, -0.15) is 0 Å². The molecule has 0 unspecified atom stereocenters. The van der Waals surface area contributed by atoms with Gasteiger partial charge < -0.3 is 4.74 Å². The van der Waals surface area contributed by atoms with Crippen molar-refractivity contribution < 1.29 is 4.74 Å². The molecule has 108 valence electrons. The maximum atomic E-state index is 12.5. The molecule has 20 heavy (non-hydrogen) atoms. The largest absolute Gasteiger partial charge is 0.383 e. The first-order valence-corrected chi connectivity index (χ1v) is 7.87. The van der Waals surface area contributed by atoms with Gasteiger partial charge in [0, 0.05) is 12.9 Å². The van der Waals surface area contributed by atoms with Gasteiger partial charge in [0.1, 0.15) is 0 Å². The van der Waals surface area contributed by atoms with E-state index in [9.17, 15) is 4.79 Å². The first kappa shape index (κ1) is 15.1. The van der Waals surface area contributed by atoms with Gasteiger partial charge in [0.05, 0.1) is 24.1 Å². The Labute approximate surface area is 123 Å². The monoisotopic (exact) mass is 292 g/mol. The molecule has 0 N–H and O–H groups in total. The first-order chi connectivity index (χ1) is 9.77. The van der Waals surface area contributed by atoms with Gasteiger partial charge in [-0.15, -0.1) is 0 Å². The predicted molar refractivity (Wildman–Crippen MR) is 83.5 cm³/mol. The number of benzene rings is 1. The Balaban J connectivity index is 2.43. The van der Waals surface area contributed by atoms with Crippen LogP contribution in [0.1, 0.15) is 19.8 Å². The predicted octanol–water partition coefficient (Wildman–Crippen LogP) is 2.94. The second-order valence-corrected chi connectivity index (χ2v) is 5.63. The Morgan fingerprint density at radius 2 is 2.15 bits per heavy atom. The number of para-hydroxylation sites is 1. The number of unbranched alkanes of at least 4 members (excludes halogenated alkanes) is 1. The topological polar surface area (TPSA) is 44.1 Å². The zero-order chi connectivity index (χ0) is 14.4. The van der Waals surface area contributed by atoms with Crippen LogP contribution in [0.5, 0.6) is 0 Å². The number of ether oxygens (including phenoxy) is 1. The quantitative estimate of drug-likeness (QED) is 0.447. The third-order valence-electron chi connectivity index (χ3n) is 3.07. The van der Waals surface area contributed by atoms with E-state index < -0.39 is 0 Å². The van der Waals surface area contributed by atoms with E-state index in [0.29, 0.717) is 18.5 Å². The molecule has 0 fully saturated rings. The Hall–Kier alpha value is -1.33. The molecule has 0 radical (unpaired) electrons. The summed E-state index contributed by atoms with van der Waals surface area (Å²) in [4.78, 5) is 17.2. The van der Waals surface area contributed by atoms with Gasteiger partial charge in [-0.25, -0.2) is 4.98 Å². The minimum atomic E-state index is 0.0200. The molecule has 0 atom stereocenters. The van der Waals surface area contributed by atoms with Gasteiger partial charge in [-0.05, 0) is 18.6 Å². The number of rotatable bonds is 7. The standard InChI is InChI=1S/C15H20N2O2S/c1-3-4-11-20-15-16-13-8-6-5-7-12(13)14(18)17(15)9-10-19-2/h5-8H,3-4,9-11H2,1-2H3. The molecule has 0 amide bonds. The molecule has 4 nitrogen and oxygen atoms in total. The Bertz CT molecular complexity index is 625. The van der Waals surface area contributed by atoms with Crippen molar-refractivity contribution in [3.63, 3.8) is 0 Å². The molecule has 5 heteroatoms. The summed E-state index contributed by atoms with van der Waals surface area (Å²) in [5.41, 5.74) is 0.789. The van der Waals surface area contributed by atoms with Crippen molar-refractivity contribution in [2.24, 2.45) is 0 Å². The molecule has 0 bridgehead atoms. The molecule has 0 saturated carbocycles. The number of aromatic nitrogens is 2. The van der Waals surface area contributed by atoms with Crippen molar-refractivity contribution in [1.82, 2.24) is 9.55 Å². The summed E-state index contributed by atoms with van der Waals surface area (Å²) in [5, 5.41) is 1.46. The summed E-state index contributed by atoms with van der Waals surface area (Å²) in [6.07, 6.45) is 2.26. The highest BCUT2D eigenvalue weighted by atomic mass is 32.2. The zero-order valence-electron chi connectivity index (χ0n) is 12.0. The lowest BCUT2D eigenvalue weighted by Gasteiger charge is -2.12. The van der Waals surface area contributed by atoms with E-state index in [4.69, 9.17) is 4.74 Å². The van der Waals surface area contributed by atoms with Crippen molar-refractivity contribution >= 4 is 22.7 Å². The van der Waals surface area contributed by atoms with E-state index in [1.54, 1.807) is 23.4 Å². The molecule has 1 heterocycles. The van der Waals surface area contributed by atoms with Crippen LogP contribution >= 0.6 is 11.8 Å². The second kappa shape index (κ2) is 7.45. The van der Waals surface area contributed by atoms with E-state index in [2.05, 4.69) is 11.9 Å². The highest BCUT2D eigenvalue weighted by Crippen LogP contribution is 2.18. The fraction of sp³-hybridized carbons (Fsp3) is 0.467. The molecule has 0 aliphatic carbocycles. The highest BCUT2D eigenvalue weighted by Gasteiger charge is 2.10. The van der Waals surface area contributed by atoms with Gasteiger partial charge in [0.2, 0.25) is 0 Å². The normalized spacial score (nSPS) is 11.1. The number of methoxy groups -OCH3 is 1. The SMILES string of the molecule is CCCCSc1nc2ccccc2c(=O)n1CCOC. The summed E-state index contributed by atoms with van der Waals surface area (Å²) in [6, 6.07) is 7.50. The van der Waals surface area contributed by atoms with E-state index >= 15 is 0 Å². The van der Waals surface area contributed by atoms with Crippen molar-refractivity contribution in [2.75, 3.05) is 19.5 Å². The summed E-state index contributed by atoms with van der Waals surface area (Å²) in [6.45, 7) is 3.22. The third-order valence-corrected chi connectivity index (χ3v) is 4.14.